The number of nitrogens with one attached hydrogen (secondary N) is 1. The van der Waals surface area contributed by atoms with Crippen molar-refractivity contribution >= 4 is 5.91 Å². The summed E-state index contributed by atoms with van der Waals surface area (Å²) in [4.78, 5) is 12.9. The first-order chi connectivity index (χ1) is 11.6. The van der Waals surface area contributed by atoms with Crippen LogP contribution in [0.25, 0.3) is 0 Å². The first kappa shape index (κ1) is 16.4. The van der Waals surface area contributed by atoms with Crippen molar-refractivity contribution in [2.24, 2.45) is 11.8 Å². The topological polar surface area (TPSA) is 47.6 Å². The Kier molecular flexibility index (Phi) is 4.74. The molecule has 0 aromatic heterocycles. The van der Waals surface area contributed by atoms with Crippen LogP contribution in [0.3, 0.4) is 0 Å². The van der Waals surface area contributed by atoms with E-state index in [1.807, 2.05) is 18.2 Å². The highest BCUT2D eigenvalue weighted by atomic mass is 16.5. The molecule has 1 saturated carbocycles. The molecule has 126 valence electrons. The molecule has 2 aromatic rings. The second-order valence-corrected chi connectivity index (χ2v) is 6.30. The summed E-state index contributed by atoms with van der Waals surface area (Å²) >= 11 is 0. The van der Waals surface area contributed by atoms with E-state index < -0.39 is 0 Å². The van der Waals surface area contributed by atoms with Gasteiger partial charge in [0.1, 0.15) is 11.5 Å². The molecule has 1 amide bonds. The minimum atomic E-state index is -0.140. The number of carbonyl (C=O) groups excluding carboxylic acids is 1. The zero-order valence-electron chi connectivity index (χ0n) is 14.3. The van der Waals surface area contributed by atoms with Crippen LogP contribution < -0.4 is 14.8 Å². The molecule has 0 aliphatic heterocycles. The average molecular weight is 325 g/mol. The van der Waals surface area contributed by atoms with Crippen molar-refractivity contribution in [1.82, 2.24) is 5.32 Å². The van der Waals surface area contributed by atoms with Gasteiger partial charge in [-0.3, -0.25) is 4.79 Å². The molecule has 1 fully saturated rings. The van der Waals surface area contributed by atoms with Crippen LogP contribution in [-0.4, -0.2) is 20.1 Å². The summed E-state index contributed by atoms with van der Waals surface area (Å²) in [5.74, 6) is 2.15. The maximum Gasteiger partial charge on any atom is 0.255 e. The maximum absolute atomic E-state index is 12.9. The molecule has 2 aromatic carbocycles. The van der Waals surface area contributed by atoms with Crippen LogP contribution in [0.15, 0.2) is 48.5 Å². The third-order valence-electron chi connectivity index (χ3n) is 4.70. The molecule has 24 heavy (non-hydrogen) atoms. The number of hydrogen-bond acceptors (Lipinski definition) is 3. The van der Waals surface area contributed by atoms with E-state index >= 15 is 0 Å². The predicted molar refractivity (Wildman–Crippen MR) is 93.5 cm³/mol. The molecule has 0 saturated heterocycles. The fraction of sp³-hybridized carbons (Fsp3) is 0.350. The monoisotopic (exact) mass is 325 g/mol. The standard InChI is InChI=1S/C20H23NO3/c1-13-11-16(13)19(14-7-5-4-6-8-14)21-20(22)17-12-15(23-2)9-10-18(17)24-3/h4-10,12-13,16,19H,11H2,1-3H3,(H,21,22). The number of methoxy groups -OCH3 is 2. The SMILES string of the molecule is COc1ccc(OC)c(C(=O)NC(c2ccccc2)C2CC2C)c1. The Morgan fingerprint density at radius 3 is 2.42 bits per heavy atom. The summed E-state index contributed by atoms with van der Waals surface area (Å²) in [5.41, 5.74) is 1.63. The van der Waals surface area contributed by atoms with Gasteiger partial charge in [-0.25, -0.2) is 0 Å². The van der Waals surface area contributed by atoms with Gasteiger partial charge in [0.2, 0.25) is 0 Å². The highest BCUT2D eigenvalue weighted by Crippen LogP contribution is 2.47. The summed E-state index contributed by atoms with van der Waals surface area (Å²) < 4.78 is 10.6. The van der Waals surface area contributed by atoms with Gasteiger partial charge < -0.3 is 14.8 Å². The first-order valence-corrected chi connectivity index (χ1v) is 8.22. The zero-order valence-corrected chi connectivity index (χ0v) is 14.3. The second kappa shape index (κ2) is 6.95. The Morgan fingerprint density at radius 1 is 1.12 bits per heavy atom. The minimum absolute atomic E-state index is 0.0182. The molecule has 4 heteroatoms. The Labute approximate surface area is 142 Å². The van der Waals surface area contributed by atoms with E-state index in [1.165, 1.54) is 0 Å². The molecule has 3 rings (SSSR count). The first-order valence-electron chi connectivity index (χ1n) is 8.22. The van der Waals surface area contributed by atoms with Crippen molar-refractivity contribution in [3.63, 3.8) is 0 Å². The lowest BCUT2D eigenvalue weighted by Gasteiger charge is -2.20. The van der Waals surface area contributed by atoms with E-state index in [0.717, 1.165) is 12.0 Å². The van der Waals surface area contributed by atoms with Gasteiger partial charge in [0, 0.05) is 0 Å². The Hall–Kier alpha value is -2.49. The van der Waals surface area contributed by atoms with Crippen LogP contribution in [0.2, 0.25) is 0 Å². The van der Waals surface area contributed by atoms with E-state index in [9.17, 15) is 4.79 Å². The Balaban J connectivity index is 1.86. The Bertz CT molecular complexity index is 714. The van der Waals surface area contributed by atoms with E-state index in [0.29, 0.717) is 28.9 Å². The number of ether oxygens (including phenoxy) is 2. The lowest BCUT2D eigenvalue weighted by molar-refractivity contribution is 0.0927. The third kappa shape index (κ3) is 3.37. The number of benzene rings is 2. The quantitative estimate of drug-likeness (QED) is 0.878. The lowest BCUT2D eigenvalue weighted by Crippen LogP contribution is -2.30. The molecular weight excluding hydrogens is 302 g/mol. The molecule has 3 atom stereocenters. The summed E-state index contributed by atoms with van der Waals surface area (Å²) in [7, 11) is 3.15. The largest absolute Gasteiger partial charge is 0.497 e. The fourth-order valence-electron chi connectivity index (χ4n) is 3.12. The van der Waals surface area contributed by atoms with Crippen molar-refractivity contribution in [1.29, 1.82) is 0 Å². The molecule has 1 aliphatic carbocycles. The molecular formula is C20H23NO3. The van der Waals surface area contributed by atoms with Gasteiger partial charge in [0.25, 0.3) is 5.91 Å². The predicted octanol–water partition coefficient (Wildman–Crippen LogP) is 3.83. The molecule has 4 nitrogen and oxygen atoms in total. The van der Waals surface area contributed by atoms with Crippen LogP contribution >= 0.6 is 0 Å². The normalized spacial score (nSPS) is 20.1. The van der Waals surface area contributed by atoms with E-state index in [2.05, 4.69) is 24.4 Å². The number of carbonyl (C=O) groups is 1. The number of rotatable bonds is 6. The van der Waals surface area contributed by atoms with Crippen LogP contribution in [0.4, 0.5) is 0 Å². The molecule has 1 aliphatic rings. The van der Waals surface area contributed by atoms with Crippen LogP contribution in [-0.2, 0) is 0 Å². The van der Waals surface area contributed by atoms with Gasteiger partial charge in [0.15, 0.2) is 0 Å². The molecule has 3 unspecified atom stereocenters. The van der Waals surface area contributed by atoms with Gasteiger partial charge in [-0.2, -0.15) is 0 Å². The molecule has 0 heterocycles. The highest BCUT2D eigenvalue weighted by Gasteiger charge is 2.41. The van der Waals surface area contributed by atoms with Crippen LogP contribution in [0, 0.1) is 11.8 Å². The second-order valence-electron chi connectivity index (χ2n) is 6.30. The van der Waals surface area contributed by atoms with E-state index in [-0.39, 0.29) is 11.9 Å². The highest BCUT2D eigenvalue weighted by molar-refractivity contribution is 5.97. The minimum Gasteiger partial charge on any atom is -0.497 e. The number of hydrogen-bond donors (Lipinski definition) is 1. The lowest BCUT2D eigenvalue weighted by atomic mass is 10.0. The summed E-state index contributed by atoms with van der Waals surface area (Å²) in [6, 6.07) is 15.4. The molecule has 0 spiro atoms. The van der Waals surface area contributed by atoms with E-state index in [1.54, 1.807) is 32.4 Å². The Morgan fingerprint density at radius 2 is 1.83 bits per heavy atom. The maximum atomic E-state index is 12.9. The van der Waals surface area contributed by atoms with Crippen LogP contribution in [0.1, 0.15) is 35.3 Å². The summed E-state index contributed by atoms with van der Waals surface area (Å²) in [6.45, 7) is 2.22. The summed E-state index contributed by atoms with van der Waals surface area (Å²) in [6.07, 6.45) is 1.13. The van der Waals surface area contributed by atoms with Crippen molar-refractivity contribution < 1.29 is 14.3 Å². The number of amides is 1. The van der Waals surface area contributed by atoms with Crippen molar-refractivity contribution in [3.05, 3.63) is 59.7 Å². The third-order valence-corrected chi connectivity index (χ3v) is 4.70. The molecule has 0 bridgehead atoms. The van der Waals surface area contributed by atoms with Gasteiger partial charge in [-0.15, -0.1) is 0 Å². The van der Waals surface area contributed by atoms with Crippen molar-refractivity contribution in [3.8, 4) is 11.5 Å². The fourth-order valence-corrected chi connectivity index (χ4v) is 3.12. The zero-order chi connectivity index (χ0) is 17.1. The van der Waals surface area contributed by atoms with Gasteiger partial charge in [-0.1, -0.05) is 37.3 Å². The van der Waals surface area contributed by atoms with Gasteiger partial charge >= 0.3 is 0 Å². The van der Waals surface area contributed by atoms with Crippen molar-refractivity contribution in [2.75, 3.05) is 14.2 Å². The van der Waals surface area contributed by atoms with E-state index in [4.69, 9.17) is 9.47 Å². The van der Waals surface area contributed by atoms with Gasteiger partial charge in [-0.05, 0) is 42.0 Å². The average Bonchev–Trinajstić information content (AvgIpc) is 3.35. The molecule has 0 radical (unpaired) electrons. The molecule has 1 N–H and O–H groups in total. The summed E-state index contributed by atoms with van der Waals surface area (Å²) in [5, 5.41) is 3.19. The van der Waals surface area contributed by atoms with Crippen LogP contribution in [0.5, 0.6) is 11.5 Å². The van der Waals surface area contributed by atoms with Crippen molar-refractivity contribution in [2.45, 2.75) is 19.4 Å². The smallest absolute Gasteiger partial charge is 0.255 e. The van der Waals surface area contributed by atoms with Gasteiger partial charge in [0.05, 0.1) is 25.8 Å².